The quantitative estimate of drug-likeness (QED) is 0.915. The molecule has 0 saturated heterocycles. The number of anilines is 1. The van der Waals surface area contributed by atoms with E-state index in [4.69, 9.17) is 5.11 Å². The third kappa shape index (κ3) is 2.60. The lowest BCUT2D eigenvalue weighted by Crippen LogP contribution is -2.41. The number of nitrogens with zero attached hydrogens (tertiary/aromatic N) is 1. The van der Waals surface area contributed by atoms with Crippen LogP contribution in [0.3, 0.4) is 0 Å². The monoisotopic (exact) mass is 355 g/mol. The Labute approximate surface area is 138 Å². The number of fused-ring (bicyclic) bond motifs is 2. The topological polar surface area (TPSA) is 83.9 Å². The van der Waals surface area contributed by atoms with Gasteiger partial charge in [-0.25, -0.2) is 9.10 Å². The van der Waals surface area contributed by atoms with E-state index in [1.165, 1.54) is 15.6 Å². The van der Waals surface area contributed by atoms with Gasteiger partial charge in [-0.3, -0.25) is 4.18 Å². The fraction of sp³-hybridized carbons (Fsp3) is 0.400. The molecular formula is C15H17NO5S2. The average molecular weight is 355 g/mol. The lowest BCUT2D eigenvalue weighted by Gasteiger charge is -2.38. The van der Waals surface area contributed by atoms with Crippen molar-refractivity contribution in [3.05, 3.63) is 28.6 Å². The second-order valence-corrected chi connectivity index (χ2v) is 8.87. The van der Waals surface area contributed by atoms with Crippen molar-refractivity contribution in [2.24, 2.45) is 0 Å². The molecule has 0 bridgehead atoms. The fourth-order valence-corrected chi connectivity index (χ4v) is 4.70. The highest BCUT2D eigenvalue weighted by Crippen LogP contribution is 2.44. The predicted octanol–water partition coefficient (Wildman–Crippen LogP) is 2.98. The molecule has 1 N–H and O–H groups in total. The van der Waals surface area contributed by atoms with E-state index in [2.05, 4.69) is 18.0 Å². The second kappa shape index (κ2) is 5.19. The number of hydrogen-bond donors (Lipinski definition) is 1. The van der Waals surface area contributed by atoms with E-state index in [1.54, 1.807) is 12.1 Å². The zero-order chi connectivity index (χ0) is 17.0. The van der Waals surface area contributed by atoms with E-state index in [0.29, 0.717) is 18.7 Å². The summed E-state index contributed by atoms with van der Waals surface area (Å²) < 4.78 is 31.1. The first-order chi connectivity index (χ1) is 10.7. The van der Waals surface area contributed by atoms with Crippen LogP contribution >= 0.6 is 11.3 Å². The van der Waals surface area contributed by atoms with E-state index in [1.807, 2.05) is 6.07 Å². The number of carbonyl (C=O) groups is 1. The van der Waals surface area contributed by atoms with Gasteiger partial charge in [0.25, 0.3) is 0 Å². The fourth-order valence-electron chi connectivity index (χ4n) is 2.89. The van der Waals surface area contributed by atoms with Crippen molar-refractivity contribution in [1.29, 1.82) is 0 Å². The molecule has 1 aliphatic heterocycles. The van der Waals surface area contributed by atoms with Crippen LogP contribution in [0.15, 0.2) is 18.2 Å². The van der Waals surface area contributed by atoms with Gasteiger partial charge in [-0.2, -0.15) is 8.42 Å². The summed E-state index contributed by atoms with van der Waals surface area (Å²) in [5.74, 6) is -0.982. The van der Waals surface area contributed by atoms with Crippen molar-refractivity contribution in [2.75, 3.05) is 18.0 Å². The second-order valence-electron chi connectivity index (χ2n) is 6.15. The van der Waals surface area contributed by atoms with Crippen molar-refractivity contribution < 1.29 is 22.5 Å². The predicted molar refractivity (Wildman–Crippen MR) is 89.7 cm³/mol. The molecule has 1 aliphatic rings. The van der Waals surface area contributed by atoms with Gasteiger partial charge in [0.15, 0.2) is 0 Å². The Bertz CT molecular complexity index is 898. The SMILES string of the molecule is COS(=O)(=O)N1CCC(C)(C)c2cc3sc(C(=O)O)cc3cc21. The molecule has 0 saturated carbocycles. The Morgan fingerprint density at radius 1 is 1.35 bits per heavy atom. The molecule has 1 aromatic carbocycles. The molecule has 8 heteroatoms. The summed E-state index contributed by atoms with van der Waals surface area (Å²) in [6.07, 6.45) is 0.658. The van der Waals surface area contributed by atoms with Gasteiger partial charge in [0.1, 0.15) is 4.88 Å². The highest BCUT2D eigenvalue weighted by Gasteiger charge is 2.37. The highest BCUT2D eigenvalue weighted by molar-refractivity contribution is 7.88. The number of rotatable bonds is 3. The molecule has 0 radical (unpaired) electrons. The zero-order valence-electron chi connectivity index (χ0n) is 13.0. The van der Waals surface area contributed by atoms with Crippen molar-refractivity contribution in [1.82, 2.24) is 0 Å². The Morgan fingerprint density at radius 2 is 2.04 bits per heavy atom. The first-order valence-electron chi connectivity index (χ1n) is 7.05. The lowest BCUT2D eigenvalue weighted by atomic mass is 9.78. The number of benzene rings is 1. The zero-order valence-corrected chi connectivity index (χ0v) is 14.6. The Balaban J connectivity index is 2.28. The summed E-state index contributed by atoms with van der Waals surface area (Å²) in [4.78, 5) is 11.4. The van der Waals surface area contributed by atoms with E-state index in [0.717, 1.165) is 22.8 Å². The van der Waals surface area contributed by atoms with Gasteiger partial charge in [-0.05, 0) is 41.0 Å². The third-order valence-electron chi connectivity index (χ3n) is 4.26. The summed E-state index contributed by atoms with van der Waals surface area (Å²) in [5, 5.41) is 9.88. The first-order valence-corrected chi connectivity index (χ1v) is 9.23. The first kappa shape index (κ1) is 16.2. The maximum Gasteiger partial charge on any atom is 0.362 e. The Hall–Kier alpha value is -1.64. The number of carboxylic acid groups (broad SMARTS) is 1. The molecule has 6 nitrogen and oxygen atoms in total. The van der Waals surface area contributed by atoms with E-state index >= 15 is 0 Å². The van der Waals surface area contributed by atoms with Crippen molar-refractivity contribution >= 4 is 43.4 Å². The molecular weight excluding hydrogens is 338 g/mol. The minimum absolute atomic E-state index is 0.198. The minimum atomic E-state index is -3.84. The van der Waals surface area contributed by atoms with Crippen LogP contribution in [0.1, 0.15) is 35.5 Å². The molecule has 124 valence electrons. The summed E-state index contributed by atoms with van der Waals surface area (Å²) in [7, 11) is -2.70. The summed E-state index contributed by atoms with van der Waals surface area (Å²) in [6.45, 7) is 4.44. The number of thiophene rings is 1. The average Bonchev–Trinajstić information content (AvgIpc) is 2.88. The normalized spacial score (nSPS) is 17.3. The van der Waals surface area contributed by atoms with E-state index < -0.39 is 16.3 Å². The number of hydrogen-bond acceptors (Lipinski definition) is 5. The molecule has 0 spiro atoms. The minimum Gasteiger partial charge on any atom is -0.477 e. The van der Waals surface area contributed by atoms with Crippen LogP contribution in [0.2, 0.25) is 0 Å². The molecule has 3 rings (SSSR count). The van der Waals surface area contributed by atoms with E-state index in [9.17, 15) is 13.2 Å². The van der Waals surface area contributed by atoms with Crippen LogP contribution in [0.4, 0.5) is 5.69 Å². The van der Waals surface area contributed by atoms with E-state index in [-0.39, 0.29) is 10.3 Å². The van der Waals surface area contributed by atoms with Crippen LogP contribution in [-0.4, -0.2) is 33.1 Å². The molecule has 0 amide bonds. The van der Waals surface area contributed by atoms with Gasteiger partial charge in [-0.1, -0.05) is 13.8 Å². The van der Waals surface area contributed by atoms with Crippen LogP contribution in [0.25, 0.3) is 10.1 Å². The molecule has 0 atom stereocenters. The summed E-state index contributed by atoms with van der Waals surface area (Å²) >= 11 is 1.19. The Kier molecular flexibility index (Phi) is 3.66. The highest BCUT2D eigenvalue weighted by atomic mass is 32.2. The van der Waals surface area contributed by atoms with Crippen LogP contribution in [0.5, 0.6) is 0 Å². The van der Waals surface area contributed by atoms with Gasteiger partial charge in [0.2, 0.25) is 0 Å². The van der Waals surface area contributed by atoms with Gasteiger partial charge < -0.3 is 5.11 Å². The Morgan fingerprint density at radius 3 is 2.65 bits per heavy atom. The lowest BCUT2D eigenvalue weighted by molar-refractivity contribution is 0.0702. The van der Waals surface area contributed by atoms with Crippen molar-refractivity contribution in [2.45, 2.75) is 25.7 Å². The maximum absolute atomic E-state index is 12.2. The summed E-state index contributed by atoms with van der Waals surface area (Å²) in [6, 6.07) is 5.21. The third-order valence-corrected chi connectivity index (χ3v) is 6.69. The van der Waals surface area contributed by atoms with Crippen LogP contribution < -0.4 is 4.31 Å². The van der Waals surface area contributed by atoms with Gasteiger partial charge in [0, 0.05) is 11.2 Å². The molecule has 1 aromatic heterocycles. The molecule has 23 heavy (non-hydrogen) atoms. The molecule has 0 aliphatic carbocycles. The summed E-state index contributed by atoms with van der Waals surface area (Å²) in [5.41, 5.74) is 1.25. The molecule has 0 fully saturated rings. The smallest absolute Gasteiger partial charge is 0.362 e. The molecule has 0 unspecified atom stereocenters. The standard InChI is InChI=1S/C15H17NO5S2/c1-15(2)4-5-16(23(19,20)21-3)11-6-9-7-13(14(17)18)22-12(9)8-10(11)15/h6-8H,4-5H2,1-3H3,(H,17,18). The van der Waals surface area contributed by atoms with Gasteiger partial charge in [-0.15, -0.1) is 11.3 Å². The number of aromatic carboxylic acids is 1. The van der Waals surface area contributed by atoms with Crippen molar-refractivity contribution in [3.8, 4) is 0 Å². The molecule has 2 aromatic rings. The largest absolute Gasteiger partial charge is 0.477 e. The number of carboxylic acids is 1. The maximum atomic E-state index is 12.2. The van der Waals surface area contributed by atoms with Gasteiger partial charge in [0.05, 0.1) is 12.8 Å². The van der Waals surface area contributed by atoms with Gasteiger partial charge >= 0.3 is 16.3 Å². The van der Waals surface area contributed by atoms with Crippen LogP contribution in [0, 0.1) is 0 Å². The van der Waals surface area contributed by atoms with Crippen LogP contribution in [-0.2, 0) is 19.9 Å². The van der Waals surface area contributed by atoms with Crippen molar-refractivity contribution in [3.63, 3.8) is 0 Å². The molecule has 2 heterocycles.